The van der Waals surface area contributed by atoms with Gasteiger partial charge < -0.3 is 10.3 Å². The molecular weight excluding hydrogens is 411 g/mol. The van der Waals surface area contributed by atoms with Gasteiger partial charge in [-0.3, -0.25) is 4.79 Å². The number of hydrogen-bond donors (Lipinski definition) is 2. The number of hydrogen-bond acceptors (Lipinski definition) is 3. The highest BCUT2D eigenvalue weighted by molar-refractivity contribution is 6.46. The van der Waals surface area contributed by atoms with Gasteiger partial charge in [-0.1, -0.05) is 23.2 Å². The third kappa shape index (κ3) is 3.39. The number of fused-ring (bicyclic) bond motifs is 3. The first-order chi connectivity index (χ1) is 13.3. The molecule has 10 heteroatoms. The lowest BCUT2D eigenvalue weighted by atomic mass is 9.93. The van der Waals surface area contributed by atoms with Crippen LogP contribution in [0.3, 0.4) is 0 Å². The normalized spacial score (nSPS) is 19.5. The average Bonchev–Trinajstić information content (AvgIpc) is 3.19. The number of aromatic nitrogens is 1. The summed E-state index contributed by atoms with van der Waals surface area (Å²) in [5.41, 5.74) is 3.57. The molecular formula is C18H18Cl2F2N5O+. The van der Waals surface area contributed by atoms with Gasteiger partial charge in [-0.05, 0) is 23.2 Å². The van der Waals surface area contributed by atoms with Crippen LogP contribution < -0.4 is 5.32 Å². The van der Waals surface area contributed by atoms with Crippen LogP contribution in [0.15, 0.2) is 16.3 Å². The molecule has 0 saturated heterocycles. The van der Waals surface area contributed by atoms with Crippen molar-refractivity contribution in [2.45, 2.75) is 31.6 Å². The molecule has 1 aromatic carbocycles. The molecule has 148 valence electrons. The lowest BCUT2D eigenvalue weighted by Crippen LogP contribution is -2.26. The number of rotatable bonds is 4. The monoisotopic (exact) mass is 428 g/mol. The number of amides is 1. The van der Waals surface area contributed by atoms with Crippen LogP contribution in [0.4, 0.5) is 8.78 Å². The number of nitrogens with one attached hydrogen (secondary N) is 2. The van der Waals surface area contributed by atoms with Crippen molar-refractivity contribution >= 4 is 45.7 Å². The summed E-state index contributed by atoms with van der Waals surface area (Å²) in [7, 11) is 1.73. The Morgan fingerprint density at radius 3 is 2.86 bits per heavy atom. The molecule has 0 saturated carbocycles. The molecule has 1 aromatic heterocycles. The zero-order chi connectivity index (χ0) is 20.0. The van der Waals surface area contributed by atoms with Crippen molar-refractivity contribution in [3.05, 3.63) is 32.9 Å². The minimum absolute atomic E-state index is 0.131. The maximum absolute atomic E-state index is 12.8. The van der Waals surface area contributed by atoms with Crippen molar-refractivity contribution in [1.29, 1.82) is 0 Å². The summed E-state index contributed by atoms with van der Waals surface area (Å²) < 4.78 is 25.6. The van der Waals surface area contributed by atoms with E-state index in [0.717, 1.165) is 22.2 Å². The topological polar surface area (TPSA) is 72.6 Å². The van der Waals surface area contributed by atoms with Gasteiger partial charge in [0.15, 0.2) is 13.6 Å². The second kappa shape index (κ2) is 7.40. The Bertz CT molecular complexity index is 1030. The summed E-state index contributed by atoms with van der Waals surface area (Å²) in [5.74, 6) is -0.419. The lowest BCUT2D eigenvalue weighted by Gasteiger charge is -2.14. The van der Waals surface area contributed by atoms with Crippen molar-refractivity contribution in [2.24, 2.45) is 10.2 Å². The van der Waals surface area contributed by atoms with Gasteiger partial charge >= 0.3 is 0 Å². The fourth-order valence-electron chi connectivity index (χ4n) is 3.84. The summed E-state index contributed by atoms with van der Waals surface area (Å²) in [4.78, 5) is 17.1. The van der Waals surface area contributed by atoms with E-state index in [2.05, 4.69) is 20.5 Å². The summed E-state index contributed by atoms with van der Waals surface area (Å²) in [5, 5.41) is 12.9. The van der Waals surface area contributed by atoms with E-state index in [4.69, 9.17) is 23.2 Å². The number of aromatic amines is 1. The van der Waals surface area contributed by atoms with E-state index in [-0.39, 0.29) is 31.1 Å². The van der Waals surface area contributed by atoms with Crippen LogP contribution >= 0.6 is 23.2 Å². The van der Waals surface area contributed by atoms with E-state index in [1.165, 1.54) is 4.81 Å². The number of benzene rings is 1. The minimum atomic E-state index is -2.40. The van der Waals surface area contributed by atoms with Crippen LogP contribution in [0.5, 0.6) is 0 Å². The predicted molar refractivity (Wildman–Crippen MR) is 103 cm³/mol. The Kier molecular flexibility index (Phi) is 5.09. The molecule has 1 amide bonds. The van der Waals surface area contributed by atoms with Crippen LogP contribution in [0.2, 0.25) is 10.0 Å². The lowest BCUT2D eigenvalue weighted by molar-refractivity contribution is -0.565. The number of H-pyrrole nitrogens is 1. The Labute approximate surface area is 169 Å². The van der Waals surface area contributed by atoms with Gasteiger partial charge in [0.05, 0.1) is 22.0 Å². The second-order valence-corrected chi connectivity index (χ2v) is 7.75. The first-order valence-electron chi connectivity index (χ1n) is 8.91. The Balaban J connectivity index is 1.92. The van der Waals surface area contributed by atoms with E-state index in [1.807, 2.05) is 0 Å². The van der Waals surface area contributed by atoms with Crippen molar-refractivity contribution in [1.82, 2.24) is 10.3 Å². The average molecular weight is 429 g/mol. The van der Waals surface area contributed by atoms with Crippen LogP contribution in [0, 0.1) is 0 Å². The van der Waals surface area contributed by atoms with E-state index >= 15 is 0 Å². The Hall–Kier alpha value is -2.06. The van der Waals surface area contributed by atoms with Crippen LogP contribution in [-0.4, -0.2) is 48.0 Å². The minimum Gasteiger partial charge on any atom is -0.357 e. The van der Waals surface area contributed by atoms with Crippen LogP contribution in [0.1, 0.15) is 35.6 Å². The molecule has 3 heterocycles. The van der Waals surface area contributed by atoms with Crippen molar-refractivity contribution < 1.29 is 18.4 Å². The number of carbonyl (C=O) groups excluding carboxylic acids is 1. The van der Waals surface area contributed by atoms with Gasteiger partial charge in [-0.15, -0.1) is 0 Å². The number of carbonyl (C=O) groups is 1. The predicted octanol–water partition coefficient (Wildman–Crippen LogP) is 4.09. The van der Waals surface area contributed by atoms with E-state index in [1.54, 1.807) is 13.1 Å². The molecule has 2 aromatic rings. The molecule has 1 atom stereocenters. The van der Waals surface area contributed by atoms with Gasteiger partial charge in [-0.25, -0.2) is 8.78 Å². The SMILES string of the molecule is C[N+]1=NCC(c2cc(Cl)c(Cl)c3[nH]c4c(c23)CC(=O)NCC4CCC(F)F)=N1. The largest absolute Gasteiger partial charge is 0.357 e. The Morgan fingerprint density at radius 1 is 1.39 bits per heavy atom. The number of alkyl halides is 2. The highest BCUT2D eigenvalue weighted by atomic mass is 35.5. The maximum atomic E-state index is 12.8. The van der Waals surface area contributed by atoms with Crippen molar-refractivity contribution in [3.63, 3.8) is 0 Å². The standard InChI is InChI=1S/C18H17Cl2F2N5O/c1-27-24-7-12(26-27)9-4-11(19)16(20)18-15(9)10-5-14(28)23-6-8(17(10)25-18)2-3-13(21)22/h4,8,13H,2-3,5-7H2,1H3,(H-,23,24,25,26,28)/p+1. The molecule has 0 spiro atoms. The first-order valence-corrected chi connectivity index (χ1v) is 9.67. The maximum Gasteiger partial charge on any atom is 0.238 e. The molecule has 0 aliphatic carbocycles. The molecule has 2 aliphatic heterocycles. The third-order valence-electron chi connectivity index (χ3n) is 5.13. The van der Waals surface area contributed by atoms with E-state index in [9.17, 15) is 13.6 Å². The smallest absolute Gasteiger partial charge is 0.238 e. The molecule has 28 heavy (non-hydrogen) atoms. The van der Waals surface area contributed by atoms with Gasteiger partial charge in [0, 0.05) is 45.4 Å². The van der Waals surface area contributed by atoms with E-state index < -0.39 is 6.43 Å². The number of halogens is 4. The van der Waals surface area contributed by atoms with Crippen LogP contribution in [0.25, 0.3) is 10.9 Å². The summed E-state index contributed by atoms with van der Waals surface area (Å²) >= 11 is 12.8. The van der Waals surface area contributed by atoms with Gasteiger partial charge in [-0.2, -0.15) is 0 Å². The van der Waals surface area contributed by atoms with Crippen molar-refractivity contribution in [3.8, 4) is 0 Å². The summed E-state index contributed by atoms with van der Waals surface area (Å²) in [6.45, 7) is 0.676. The fourth-order valence-corrected chi connectivity index (χ4v) is 4.24. The molecule has 2 N–H and O–H groups in total. The summed E-state index contributed by atoms with van der Waals surface area (Å²) in [6, 6.07) is 1.73. The Morgan fingerprint density at radius 2 is 2.18 bits per heavy atom. The van der Waals surface area contributed by atoms with Gasteiger partial charge in [0.25, 0.3) is 0 Å². The molecule has 1 unspecified atom stereocenters. The zero-order valence-corrected chi connectivity index (χ0v) is 16.5. The van der Waals surface area contributed by atoms with Gasteiger partial charge in [0.2, 0.25) is 12.3 Å². The molecule has 0 fully saturated rings. The zero-order valence-electron chi connectivity index (χ0n) is 15.0. The third-order valence-corrected chi connectivity index (χ3v) is 5.92. The van der Waals surface area contributed by atoms with Crippen LogP contribution in [-0.2, 0) is 11.2 Å². The number of nitrogens with zero attached hydrogens (tertiary/aromatic N) is 3. The number of hydrazone groups is 1. The molecule has 2 aliphatic rings. The highest BCUT2D eigenvalue weighted by Gasteiger charge is 2.31. The molecule has 0 radical (unpaired) electrons. The van der Waals surface area contributed by atoms with Crippen molar-refractivity contribution in [2.75, 3.05) is 20.1 Å². The molecule has 6 nitrogen and oxygen atoms in total. The quantitative estimate of drug-likeness (QED) is 0.707. The molecule has 0 bridgehead atoms. The number of azo groups is 1. The summed E-state index contributed by atoms with van der Waals surface area (Å²) in [6.07, 6.45) is -2.26. The fraction of sp³-hybridized carbons (Fsp3) is 0.444. The van der Waals surface area contributed by atoms with E-state index in [0.29, 0.717) is 34.4 Å². The second-order valence-electron chi connectivity index (χ2n) is 6.97. The highest BCUT2D eigenvalue weighted by Crippen LogP contribution is 2.40. The first kappa shape index (κ1) is 19.3. The molecule has 4 rings (SSSR count). The van der Waals surface area contributed by atoms with Gasteiger partial charge in [0.1, 0.15) is 5.71 Å².